The molecule has 0 bridgehead atoms. The molecule has 0 spiro atoms. The number of amides is 1. The zero-order valence-electron chi connectivity index (χ0n) is 16.1. The molecule has 0 aliphatic carbocycles. The highest BCUT2D eigenvalue weighted by molar-refractivity contribution is 7.89. The van der Waals surface area contributed by atoms with Crippen molar-refractivity contribution in [1.29, 1.82) is 0 Å². The Kier molecular flexibility index (Phi) is 6.98. The predicted molar refractivity (Wildman–Crippen MR) is 105 cm³/mol. The molecule has 0 saturated carbocycles. The van der Waals surface area contributed by atoms with Gasteiger partial charge in [-0.3, -0.25) is 4.79 Å². The topological polar surface area (TPSA) is 75.7 Å². The first-order valence-electron chi connectivity index (χ1n) is 8.79. The van der Waals surface area contributed by atoms with Crippen LogP contribution in [0.1, 0.15) is 31.0 Å². The fourth-order valence-electron chi connectivity index (χ4n) is 2.68. The van der Waals surface area contributed by atoms with Crippen molar-refractivity contribution in [2.45, 2.75) is 31.7 Å². The van der Waals surface area contributed by atoms with Crippen molar-refractivity contribution in [2.75, 3.05) is 20.2 Å². The van der Waals surface area contributed by atoms with Crippen molar-refractivity contribution in [3.63, 3.8) is 0 Å². The average molecular weight is 391 g/mol. The highest BCUT2D eigenvalue weighted by Gasteiger charge is 2.24. The quantitative estimate of drug-likeness (QED) is 0.752. The van der Waals surface area contributed by atoms with Gasteiger partial charge in [0.05, 0.1) is 24.1 Å². The van der Waals surface area contributed by atoms with Crippen molar-refractivity contribution in [1.82, 2.24) is 9.62 Å². The SMILES string of the molecule is CCOc1ccc(S(=O)(=O)N(C)CC(=O)N[C@H](C)c2ccccc2)cc1C. The number of carbonyl (C=O) groups excluding carboxylic acids is 1. The fourth-order valence-corrected chi connectivity index (χ4v) is 3.89. The Morgan fingerprint density at radius 2 is 1.85 bits per heavy atom. The Labute approximate surface area is 161 Å². The second kappa shape index (κ2) is 9.01. The summed E-state index contributed by atoms with van der Waals surface area (Å²) in [5.74, 6) is 0.286. The van der Waals surface area contributed by atoms with Crippen LogP contribution in [0.5, 0.6) is 5.75 Å². The Morgan fingerprint density at radius 1 is 1.19 bits per heavy atom. The molecular weight excluding hydrogens is 364 g/mol. The Morgan fingerprint density at radius 3 is 2.44 bits per heavy atom. The van der Waals surface area contributed by atoms with E-state index < -0.39 is 10.0 Å². The van der Waals surface area contributed by atoms with E-state index in [1.807, 2.05) is 44.2 Å². The molecule has 0 radical (unpaired) electrons. The largest absolute Gasteiger partial charge is 0.494 e. The van der Waals surface area contributed by atoms with Crippen LogP contribution in [0, 0.1) is 6.92 Å². The third kappa shape index (κ3) is 5.30. The van der Waals surface area contributed by atoms with E-state index >= 15 is 0 Å². The number of hydrogen-bond donors (Lipinski definition) is 1. The monoisotopic (exact) mass is 390 g/mol. The minimum atomic E-state index is -3.77. The molecule has 1 atom stereocenters. The molecule has 146 valence electrons. The second-order valence-corrected chi connectivity index (χ2v) is 8.37. The summed E-state index contributed by atoms with van der Waals surface area (Å²) in [5.41, 5.74) is 1.69. The van der Waals surface area contributed by atoms with Crippen LogP contribution in [0.15, 0.2) is 53.4 Å². The molecule has 0 aromatic heterocycles. The molecule has 2 aromatic carbocycles. The van der Waals surface area contributed by atoms with E-state index in [0.717, 1.165) is 15.4 Å². The number of carbonyl (C=O) groups is 1. The van der Waals surface area contributed by atoms with Gasteiger partial charge < -0.3 is 10.1 Å². The lowest BCUT2D eigenvalue weighted by molar-refractivity contribution is -0.121. The summed E-state index contributed by atoms with van der Waals surface area (Å²) in [5, 5.41) is 2.82. The molecule has 0 fully saturated rings. The molecule has 6 nitrogen and oxygen atoms in total. The van der Waals surface area contributed by atoms with Gasteiger partial charge in [-0.1, -0.05) is 30.3 Å². The van der Waals surface area contributed by atoms with Gasteiger partial charge in [-0.2, -0.15) is 4.31 Å². The first-order chi connectivity index (χ1) is 12.8. The highest BCUT2D eigenvalue weighted by atomic mass is 32.2. The molecule has 1 N–H and O–H groups in total. The standard InChI is InChI=1S/C20H26N2O4S/c1-5-26-19-12-11-18(13-15(19)2)27(24,25)22(4)14-20(23)21-16(3)17-9-7-6-8-10-17/h6-13,16H,5,14H2,1-4H3,(H,21,23)/t16-/m1/s1. The molecule has 2 aromatic rings. The molecule has 0 aliphatic rings. The van der Waals surface area contributed by atoms with Crippen LogP contribution in [-0.4, -0.2) is 38.8 Å². The lowest BCUT2D eigenvalue weighted by Gasteiger charge is -2.20. The maximum atomic E-state index is 12.7. The predicted octanol–water partition coefficient (Wildman–Crippen LogP) is 2.89. The maximum Gasteiger partial charge on any atom is 0.243 e. The zero-order chi connectivity index (χ0) is 20.0. The summed E-state index contributed by atoms with van der Waals surface area (Å²) >= 11 is 0. The van der Waals surface area contributed by atoms with E-state index in [9.17, 15) is 13.2 Å². The Balaban J connectivity index is 2.06. The first kappa shape index (κ1) is 20.9. The number of benzene rings is 2. The normalized spacial score (nSPS) is 12.6. The van der Waals surface area contributed by atoms with Gasteiger partial charge in [0.15, 0.2) is 0 Å². The highest BCUT2D eigenvalue weighted by Crippen LogP contribution is 2.23. The van der Waals surface area contributed by atoms with E-state index in [1.54, 1.807) is 19.1 Å². The number of nitrogens with one attached hydrogen (secondary N) is 1. The lowest BCUT2D eigenvalue weighted by Crippen LogP contribution is -2.39. The van der Waals surface area contributed by atoms with Gasteiger partial charge in [-0.25, -0.2) is 8.42 Å². The lowest BCUT2D eigenvalue weighted by atomic mass is 10.1. The molecular formula is C20H26N2O4S. The number of nitrogens with zero attached hydrogens (tertiary/aromatic N) is 1. The second-order valence-electron chi connectivity index (χ2n) is 6.32. The fraction of sp³-hybridized carbons (Fsp3) is 0.350. The van der Waals surface area contributed by atoms with Crippen molar-refractivity contribution >= 4 is 15.9 Å². The Bertz CT molecular complexity index is 882. The number of ether oxygens (including phenoxy) is 1. The molecule has 27 heavy (non-hydrogen) atoms. The summed E-state index contributed by atoms with van der Waals surface area (Å²) < 4.78 is 32.0. The van der Waals surface area contributed by atoms with E-state index in [-0.39, 0.29) is 23.4 Å². The van der Waals surface area contributed by atoms with Crippen LogP contribution in [0.25, 0.3) is 0 Å². The summed E-state index contributed by atoms with van der Waals surface area (Å²) in [6.45, 7) is 5.76. The van der Waals surface area contributed by atoms with Crippen LogP contribution >= 0.6 is 0 Å². The number of aryl methyl sites for hydroxylation is 1. The molecule has 7 heteroatoms. The van der Waals surface area contributed by atoms with Crippen LogP contribution < -0.4 is 10.1 Å². The van der Waals surface area contributed by atoms with Gasteiger partial charge >= 0.3 is 0 Å². The van der Waals surface area contributed by atoms with Crippen molar-refractivity contribution in [3.8, 4) is 5.75 Å². The van der Waals surface area contributed by atoms with Crippen molar-refractivity contribution < 1.29 is 17.9 Å². The van der Waals surface area contributed by atoms with Crippen LogP contribution in [-0.2, 0) is 14.8 Å². The summed E-state index contributed by atoms with van der Waals surface area (Å²) in [7, 11) is -2.38. The average Bonchev–Trinajstić information content (AvgIpc) is 2.64. The maximum absolute atomic E-state index is 12.7. The summed E-state index contributed by atoms with van der Waals surface area (Å²) in [4.78, 5) is 12.4. The van der Waals surface area contributed by atoms with Crippen molar-refractivity contribution in [2.24, 2.45) is 0 Å². The molecule has 0 unspecified atom stereocenters. The van der Waals surface area contributed by atoms with Crippen LogP contribution in [0.3, 0.4) is 0 Å². The third-order valence-electron chi connectivity index (χ3n) is 4.20. The minimum absolute atomic E-state index is 0.134. The van der Waals surface area contributed by atoms with Gasteiger partial charge in [0, 0.05) is 7.05 Å². The van der Waals surface area contributed by atoms with Gasteiger partial charge in [0.2, 0.25) is 15.9 Å². The minimum Gasteiger partial charge on any atom is -0.494 e. The Hall–Kier alpha value is -2.38. The molecule has 0 saturated heterocycles. The van der Waals surface area contributed by atoms with Gasteiger partial charge in [-0.05, 0) is 50.1 Å². The van der Waals surface area contributed by atoms with E-state index in [0.29, 0.717) is 12.4 Å². The van der Waals surface area contributed by atoms with Gasteiger partial charge in [0.1, 0.15) is 5.75 Å². The number of sulfonamides is 1. The summed E-state index contributed by atoms with van der Waals surface area (Å²) in [6, 6.07) is 14.0. The van der Waals surface area contributed by atoms with E-state index in [2.05, 4.69) is 5.32 Å². The third-order valence-corrected chi connectivity index (χ3v) is 6.00. The molecule has 2 rings (SSSR count). The van der Waals surface area contributed by atoms with Gasteiger partial charge in [0.25, 0.3) is 0 Å². The van der Waals surface area contributed by atoms with E-state index in [1.165, 1.54) is 13.1 Å². The molecule has 0 aliphatic heterocycles. The summed E-state index contributed by atoms with van der Waals surface area (Å²) in [6.07, 6.45) is 0. The van der Waals surface area contributed by atoms with Crippen molar-refractivity contribution in [3.05, 3.63) is 59.7 Å². The van der Waals surface area contributed by atoms with E-state index in [4.69, 9.17) is 4.74 Å². The number of hydrogen-bond acceptors (Lipinski definition) is 4. The number of likely N-dealkylation sites (N-methyl/N-ethyl adjacent to an activating group) is 1. The molecule has 0 heterocycles. The van der Waals surface area contributed by atoms with Crippen LogP contribution in [0.4, 0.5) is 0 Å². The van der Waals surface area contributed by atoms with Gasteiger partial charge in [-0.15, -0.1) is 0 Å². The first-order valence-corrected chi connectivity index (χ1v) is 10.2. The molecule has 1 amide bonds. The smallest absolute Gasteiger partial charge is 0.243 e. The zero-order valence-corrected chi connectivity index (χ0v) is 16.9. The number of rotatable bonds is 8. The van der Waals surface area contributed by atoms with Crippen LogP contribution in [0.2, 0.25) is 0 Å².